The van der Waals surface area contributed by atoms with E-state index in [0.717, 1.165) is 5.56 Å². The number of benzene rings is 1. The summed E-state index contributed by atoms with van der Waals surface area (Å²) in [6.07, 6.45) is -1.82. The summed E-state index contributed by atoms with van der Waals surface area (Å²) in [5.41, 5.74) is 0.827. The number of hydrogen-bond acceptors (Lipinski definition) is 4. The Hall–Kier alpha value is -2.24. The first-order chi connectivity index (χ1) is 9.08. The van der Waals surface area contributed by atoms with Crippen molar-refractivity contribution in [3.63, 3.8) is 0 Å². The first kappa shape index (κ1) is 14.8. The van der Waals surface area contributed by atoms with Gasteiger partial charge in [0.05, 0.1) is 6.61 Å². The second kappa shape index (κ2) is 7.97. The van der Waals surface area contributed by atoms with Gasteiger partial charge in [0, 0.05) is 0 Å². The van der Waals surface area contributed by atoms with Gasteiger partial charge in [0.15, 0.2) is 0 Å². The van der Waals surface area contributed by atoms with Gasteiger partial charge in [0.2, 0.25) is 0 Å². The molecule has 0 aromatic heterocycles. The van der Waals surface area contributed by atoms with Crippen LogP contribution in [0.15, 0.2) is 40.6 Å². The van der Waals surface area contributed by atoms with Crippen LogP contribution in [0.5, 0.6) is 0 Å². The first-order valence-electron chi connectivity index (χ1n) is 5.87. The van der Waals surface area contributed by atoms with Crippen molar-refractivity contribution in [1.82, 2.24) is 0 Å². The van der Waals surface area contributed by atoms with Crippen molar-refractivity contribution >= 4 is 12.2 Å². The summed E-state index contributed by atoms with van der Waals surface area (Å²) >= 11 is 0. The van der Waals surface area contributed by atoms with Gasteiger partial charge < -0.3 is 9.47 Å². The molecule has 19 heavy (non-hydrogen) atoms. The Balaban J connectivity index is 2.29. The molecule has 0 saturated heterocycles. The molecule has 0 unspecified atom stereocenters. The molecule has 0 aliphatic rings. The van der Waals surface area contributed by atoms with Gasteiger partial charge in [-0.2, -0.15) is 0 Å². The van der Waals surface area contributed by atoms with E-state index >= 15 is 0 Å². The highest BCUT2D eigenvalue weighted by molar-refractivity contribution is 5.73. The molecule has 2 amide bonds. The van der Waals surface area contributed by atoms with Crippen molar-refractivity contribution in [2.75, 3.05) is 6.61 Å². The van der Waals surface area contributed by atoms with Crippen molar-refractivity contribution < 1.29 is 19.1 Å². The number of ether oxygens (including phenoxy) is 2. The smallest absolute Gasteiger partial charge is 0.447 e. The Morgan fingerprint density at radius 1 is 1.05 bits per heavy atom. The third-order valence-electron chi connectivity index (χ3n) is 1.96. The maximum Gasteiger partial charge on any atom is 0.452 e. The van der Waals surface area contributed by atoms with Crippen LogP contribution in [0, 0.1) is 5.92 Å². The van der Waals surface area contributed by atoms with E-state index in [2.05, 4.69) is 10.2 Å². The molecule has 0 fully saturated rings. The maximum atomic E-state index is 11.2. The van der Waals surface area contributed by atoms with Crippen LogP contribution in [-0.2, 0) is 16.1 Å². The zero-order valence-electron chi connectivity index (χ0n) is 10.9. The summed E-state index contributed by atoms with van der Waals surface area (Å²) in [5, 5.41) is 6.20. The number of nitrogens with zero attached hydrogens (tertiary/aromatic N) is 2. The van der Waals surface area contributed by atoms with E-state index in [9.17, 15) is 9.59 Å². The highest BCUT2D eigenvalue weighted by atomic mass is 16.6. The molecule has 0 aliphatic carbocycles. The molecule has 0 spiro atoms. The minimum absolute atomic E-state index is 0.0831. The van der Waals surface area contributed by atoms with Crippen LogP contribution in [-0.4, -0.2) is 18.8 Å². The van der Waals surface area contributed by atoms with E-state index in [0.29, 0.717) is 0 Å². The summed E-state index contributed by atoms with van der Waals surface area (Å²) in [4.78, 5) is 22.2. The molecule has 0 atom stereocenters. The van der Waals surface area contributed by atoms with Crippen LogP contribution in [0.3, 0.4) is 0 Å². The fourth-order valence-electron chi connectivity index (χ4n) is 1.10. The zero-order chi connectivity index (χ0) is 14.1. The van der Waals surface area contributed by atoms with Crippen LogP contribution in [0.1, 0.15) is 19.4 Å². The van der Waals surface area contributed by atoms with Crippen molar-refractivity contribution in [2.24, 2.45) is 16.1 Å². The van der Waals surface area contributed by atoms with Crippen LogP contribution < -0.4 is 0 Å². The van der Waals surface area contributed by atoms with Crippen molar-refractivity contribution in [3.8, 4) is 0 Å². The van der Waals surface area contributed by atoms with Crippen LogP contribution in [0.4, 0.5) is 9.59 Å². The number of carbonyl (C=O) groups is 2. The molecule has 0 aliphatic heterocycles. The van der Waals surface area contributed by atoms with Crippen LogP contribution >= 0.6 is 0 Å². The molecule has 0 radical (unpaired) electrons. The Morgan fingerprint density at radius 3 is 2.21 bits per heavy atom. The number of amides is 2. The molecule has 1 rings (SSSR count). The summed E-state index contributed by atoms with van der Waals surface area (Å²) in [5.74, 6) is 0.198. The lowest BCUT2D eigenvalue weighted by Gasteiger charge is -2.02. The third-order valence-corrected chi connectivity index (χ3v) is 1.96. The lowest BCUT2D eigenvalue weighted by atomic mass is 10.2. The van der Waals surface area contributed by atoms with Gasteiger partial charge in [-0.25, -0.2) is 9.59 Å². The van der Waals surface area contributed by atoms with Crippen LogP contribution in [0.25, 0.3) is 0 Å². The van der Waals surface area contributed by atoms with E-state index in [1.54, 1.807) is 12.1 Å². The molecule has 0 heterocycles. The standard InChI is InChI=1S/C13H16N2O4/c1-10(2)8-18-12(16)14-15-13(17)19-9-11-6-4-3-5-7-11/h3-7,10H,8-9H2,1-2H3. The fourth-order valence-corrected chi connectivity index (χ4v) is 1.10. The normalized spacial score (nSPS) is 10.7. The minimum Gasteiger partial charge on any atom is -0.447 e. The molecule has 102 valence electrons. The van der Waals surface area contributed by atoms with Crippen LogP contribution in [0.2, 0.25) is 0 Å². The molecule has 0 N–H and O–H groups in total. The Morgan fingerprint density at radius 2 is 1.63 bits per heavy atom. The van der Waals surface area contributed by atoms with Gasteiger partial charge in [-0.05, 0) is 11.5 Å². The molecular weight excluding hydrogens is 248 g/mol. The van der Waals surface area contributed by atoms with Gasteiger partial charge >= 0.3 is 12.2 Å². The number of hydrogen-bond donors (Lipinski definition) is 0. The summed E-state index contributed by atoms with van der Waals surface area (Å²) in [7, 11) is 0. The van der Waals surface area contributed by atoms with Gasteiger partial charge in [-0.15, -0.1) is 0 Å². The predicted octanol–water partition coefficient (Wildman–Crippen LogP) is 3.57. The molecule has 6 heteroatoms. The van der Waals surface area contributed by atoms with E-state index in [-0.39, 0.29) is 19.1 Å². The Labute approximate surface area is 111 Å². The van der Waals surface area contributed by atoms with Gasteiger partial charge in [0.25, 0.3) is 0 Å². The highest BCUT2D eigenvalue weighted by Crippen LogP contribution is 2.02. The lowest BCUT2D eigenvalue weighted by Crippen LogP contribution is -2.06. The zero-order valence-corrected chi connectivity index (χ0v) is 10.9. The van der Waals surface area contributed by atoms with Crippen molar-refractivity contribution in [3.05, 3.63) is 35.9 Å². The Kier molecular flexibility index (Phi) is 6.21. The molecule has 1 aromatic rings. The molecule has 6 nitrogen and oxygen atoms in total. The highest BCUT2D eigenvalue weighted by Gasteiger charge is 2.05. The topological polar surface area (TPSA) is 77.3 Å². The number of carbonyl (C=O) groups excluding carboxylic acids is 2. The summed E-state index contributed by atoms with van der Waals surface area (Å²) < 4.78 is 9.51. The molecule has 0 saturated carbocycles. The van der Waals surface area contributed by atoms with Gasteiger partial charge in [-0.3, -0.25) is 0 Å². The number of rotatable bonds is 4. The van der Waals surface area contributed by atoms with E-state index in [4.69, 9.17) is 9.47 Å². The minimum atomic E-state index is -0.926. The van der Waals surface area contributed by atoms with E-state index in [1.807, 2.05) is 32.0 Å². The fraction of sp³-hybridized carbons (Fsp3) is 0.385. The van der Waals surface area contributed by atoms with Crippen molar-refractivity contribution in [2.45, 2.75) is 20.5 Å². The molecule has 1 aromatic carbocycles. The van der Waals surface area contributed by atoms with Gasteiger partial charge in [-0.1, -0.05) is 54.4 Å². The number of azo groups is 1. The average molecular weight is 264 g/mol. The predicted molar refractivity (Wildman–Crippen MR) is 67.7 cm³/mol. The quantitative estimate of drug-likeness (QED) is 0.779. The van der Waals surface area contributed by atoms with Crippen molar-refractivity contribution in [1.29, 1.82) is 0 Å². The van der Waals surface area contributed by atoms with Gasteiger partial charge in [0.1, 0.15) is 6.61 Å². The van der Waals surface area contributed by atoms with E-state index < -0.39 is 12.2 Å². The average Bonchev–Trinajstić information content (AvgIpc) is 2.41. The summed E-state index contributed by atoms with van der Waals surface area (Å²) in [6, 6.07) is 9.13. The van der Waals surface area contributed by atoms with E-state index in [1.165, 1.54) is 0 Å². The molecular formula is C13H16N2O4. The summed E-state index contributed by atoms with van der Waals surface area (Å²) in [6.45, 7) is 4.09. The second-order valence-electron chi connectivity index (χ2n) is 4.21. The largest absolute Gasteiger partial charge is 0.452 e. The molecule has 0 bridgehead atoms. The lowest BCUT2D eigenvalue weighted by molar-refractivity contribution is 0.135. The maximum absolute atomic E-state index is 11.2. The SMILES string of the molecule is CC(C)COC(=O)N=NC(=O)OCc1ccccc1. The second-order valence-corrected chi connectivity index (χ2v) is 4.21. The third kappa shape index (κ3) is 6.92. The Bertz CT molecular complexity index is 443. The monoisotopic (exact) mass is 264 g/mol. The first-order valence-corrected chi connectivity index (χ1v) is 5.87.